The van der Waals surface area contributed by atoms with Gasteiger partial charge in [-0.1, -0.05) is 50.6 Å². The summed E-state index contributed by atoms with van der Waals surface area (Å²) in [5, 5.41) is 2.92. The van der Waals surface area contributed by atoms with Gasteiger partial charge in [0.25, 0.3) is 0 Å². The van der Waals surface area contributed by atoms with E-state index in [0.717, 1.165) is 24.8 Å². The van der Waals surface area contributed by atoms with E-state index in [-0.39, 0.29) is 12.1 Å². The molecule has 0 bridgehead atoms. The Morgan fingerprint density at radius 1 is 1.38 bits per heavy atom. The lowest BCUT2D eigenvalue weighted by Gasteiger charge is -2.34. The van der Waals surface area contributed by atoms with Crippen molar-refractivity contribution in [2.45, 2.75) is 51.9 Å². The van der Waals surface area contributed by atoms with Crippen LogP contribution in [0.5, 0.6) is 0 Å². The molecule has 1 aliphatic heterocycles. The summed E-state index contributed by atoms with van der Waals surface area (Å²) in [4.78, 5) is 11.8. The smallest absolute Gasteiger partial charge is 0.407 e. The average Bonchev–Trinajstić information content (AvgIpc) is 2.49. The Kier molecular flexibility index (Phi) is 6.05. The predicted octanol–water partition coefficient (Wildman–Crippen LogP) is 3.51. The summed E-state index contributed by atoms with van der Waals surface area (Å²) < 4.78 is 11.0. The summed E-state index contributed by atoms with van der Waals surface area (Å²) in [6.07, 6.45) is 3.19. The Bertz CT molecular complexity index is 435. The van der Waals surface area contributed by atoms with E-state index in [0.29, 0.717) is 25.2 Å². The predicted molar refractivity (Wildman–Crippen MR) is 82.0 cm³/mol. The van der Waals surface area contributed by atoms with Crippen molar-refractivity contribution in [1.82, 2.24) is 5.32 Å². The first-order valence-electron chi connectivity index (χ1n) is 7.77. The molecule has 4 heteroatoms. The van der Waals surface area contributed by atoms with Crippen LogP contribution in [0.15, 0.2) is 30.3 Å². The van der Waals surface area contributed by atoms with E-state index in [2.05, 4.69) is 19.2 Å². The Balaban J connectivity index is 1.73. The molecule has 0 saturated carbocycles. The molecule has 1 heterocycles. The number of benzene rings is 1. The molecule has 1 amide bonds. The third-order valence-electron chi connectivity index (χ3n) is 3.96. The van der Waals surface area contributed by atoms with E-state index in [9.17, 15) is 4.79 Å². The molecule has 21 heavy (non-hydrogen) atoms. The van der Waals surface area contributed by atoms with Crippen LogP contribution in [-0.4, -0.2) is 24.8 Å². The van der Waals surface area contributed by atoms with E-state index < -0.39 is 0 Å². The summed E-state index contributed by atoms with van der Waals surface area (Å²) >= 11 is 0. The molecule has 3 unspecified atom stereocenters. The van der Waals surface area contributed by atoms with Crippen molar-refractivity contribution >= 4 is 6.09 Å². The molecule has 2 rings (SSSR count). The zero-order chi connectivity index (χ0) is 15.1. The van der Waals surface area contributed by atoms with Gasteiger partial charge in [0.05, 0.1) is 18.8 Å². The Morgan fingerprint density at radius 2 is 2.14 bits per heavy atom. The normalized spacial score (nSPS) is 25.3. The molecule has 1 aromatic carbocycles. The van der Waals surface area contributed by atoms with E-state index in [1.54, 1.807) is 0 Å². The largest absolute Gasteiger partial charge is 0.445 e. The van der Waals surface area contributed by atoms with Gasteiger partial charge >= 0.3 is 6.09 Å². The highest BCUT2D eigenvalue weighted by atomic mass is 16.5. The van der Waals surface area contributed by atoms with Gasteiger partial charge in [0.15, 0.2) is 0 Å². The quantitative estimate of drug-likeness (QED) is 0.903. The van der Waals surface area contributed by atoms with Crippen LogP contribution in [0.2, 0.25) is 0 Å². The van der Waals surface area contributed by atoms with E-state index in [1.807, 2.05) is 30.3 Å². The second-order valence-electron chi connectivity index (χ2n) is 5.77. The molecule has 3 atom stereocenters. The van der Waals surface area contributed by atoms with Gasteiger partial charge in [-0.05, 0) is 24.3 Å². The van der Waals surface area contributed by atoms with Gasteiger partial charge in [-0.25, -0.2) is 4.79 Å². The molecule has 1 fully saturated rings. The van der Waals surface area contributed by atoms with Gasteiger partial charge in [-0.15, -0.1) is 0 Å². The molecule has 4 nitrogen and oxygen atoms in total. The van der Waals surface area contributed by atoms with Gasteiger partial charge in [0, 0.05) is 0 Å². The van der Waals surface area contributed by atoms with Crippen molar-refractivity contribution in [3.63, 3.8) is 0 Å². The minimum atomic E-state index is -0.367. The molecule has 1 aliphatic rings. The summed E-state index contributed by atoms with van der Waals surface area (Å²) in [5.41, 5.74) is 0.989. The summed E-state index contributed by atoms with van der Waals surface area (Å²) in [7, 11) is 0. The lowest BCUT2D eigenvalue weighted by atomic mass is 9.91. The van der Waals surface area contributed by atoms with Gasteiger partial charge < -0.3 is 14.8 Å². The number of hydrogen-bond donors (Lipinski definition) is 1. The van der Waals surface area contributed by atoms with Gasteiger partial charge in [-0.2, -0.15) is 0 Å². The maximum atomic E-state index is 11.8. The molecule has 0 spiro atoms. The first-order valence-corrected chi connectivity index (χ1v) is 7.77. The van der Waals surface area contributed by atoms with E-state index in [4.69, 9.17) is 9.47 Å². The molecule has 1 N–H and O–H groups in total. The van der Waals surface area contributed by atoms with Crippen LogP contribution < -0.4 is 5.32 Å². The number of nitrogens with one attached hydrogen (secondary N) is 1. The number of alkyl carbamates (subject to hydrolysis) is 1. The van der Waals surface area contributed by atoms with Crippen LogP contribution in [0, 0.1) is 5.92 Å². The SMILES string of the molecule is CCCC1CC(C)C(NC(=O)OCc2ccccc2)CO1. The van der Waals surface area contributed by atoms with Crippen LogP contribution >= 0.6 is 0 Å². The zero-order valence-electron chi connectivity index (χ0n) is 12.9. The summed E-state index contributed by atoms with van der Waals surface area (Å²) in [6.45, 7) is 5.20. The highest BCUT2D eigenvalue weighted by Gasteiger charge is 2.29. The van der Waals surface area contributed by atoms with Crippen molar-refractivity contribution in [2.24, 2.45) is 5.92 Å². The van der Waals surface area contributed by atoms with E-state index >= 15 is 0 Å². The van der Waals surface area contributed by atoms with Crippen molar-refractivity contribution in [2.75, 3.05) is 6.61 Å². The summed E-state index contributed by atoms with van der Waals surface area (Å²) in [5.74, 6) is 0.416. The maximum Gasteiger partial charge on any atom is 0.407 e. The van der Waals surface area contributed by atoms with Crippen LogP contribution in [0.25, 0.3) is 0 Å². The van der Waals surface area contributed by atoms with Crippen molar-refractivity contribution in [3.8, 4) is 0 Å². The van der Waals surface area contributed by atoms with Gasteiger partial charge in [-0.3, -0.25) is 0 Å². The zero-order valence-corrected chi connectivity index (χ0v) is 12.9. The number of carbonyl (C=O) groups excluding carboxylic acids is 1. The monoisotopic (exact) mass is 291 g/mol. The van der Waals surface area contributed by atoms with Crippen molar-refractivity contribution in [3.05, 3.63) is 35.9 Å². The first-order chi connectivity index (χ1) is 10.2. The second kappa shape index (κ2) is 8.03. The van der Waals surface area contributed by atoms with Crippen LogP contribution in [0.3, 0.4) is 0 Å². The number of rotatable bonds is 5. The molecular formula is C17H25NO3. The molecule has 116 valence electrons. The second-order valence-corrected chi connectivity index (χ2v) is 5.77. The van der Waals surface area contributed by atoms with Crippen LogP contribution in [0.1, 0.15) is 38.7 Å². The lowest BCUT2D eigenvalue weighted by Crippen LogP contribution is -2.47. The molecule has 1 aromatic rings. The fourth-order valence-corrected chi connectivity index (χ4v) is 2.67. The number of carbonyl (C=O) groups is 1. The maximum absolute atomic E-state index is 11.8. The highest BCUT2D eigenvalue weighted by Crippen LogP contribution is 2.23. The van der Waals surface area contributed by atoms with Gasteiger partial charge in [0.1, 0.15) is 6.61 Å². The van der Waals surface area contributed by atoms with Crippen LogP contribution in [-0.2, 0) is 16.1 Å². The fraction of sp³-hybridized carbons (Fsp3) is 0.588. The van der Waals surface area contributed by atoms with Gasteiger partial charge in [0.2, 0.25) is 0 Å². The first kappa shape index (κ1) is 15.8. The number of amides is 1. The molecule has 0 aliphatic carbocycles. The minimum Gasteiger partial charge on any atom is -0.445 e. The molecular weight excluding hydrogens is 266 g/mol. The number of ether oxygens (including phenoxy) is 2. The summed E-state index contributed by atoms with van der Waals surface area (Å²) in [6, 6.07) is 9.73. The third kappa shape index (κ3) is 5.05. The fourth-order valence-electron chi connectivity index (χ4n) is 2.67. The molecule has 1 saturated heterocycles. The topological polar surface area (TPSA) is 47.6 Å². The molecule has 0 aromatic heterocycles. The average molecular weight is 291 g/mol. The van der Waals surface area contributed by atoms with Crippen molar-refractivity contribution in [1.29, 1.82) is 0 Å². The lowest BCUT2D eigenvalue weighted by molar-refractivity contribution is -0.0302. The Hall–Kier alpha value is -1.55. The Morgan fingerprint density at radius 3 is 2.81 bits per heavy atom. The highest BCUT2D eigenvalue weighted by molar-refractivity contribution is 5.67. The van der Waals surface area contributed by atoms with Crippen LogP contribution in [0.4, 0.5) is 4.79 Å². The third-order valence-corrected chi connectivity index (χ3v) is 3.96. The van der Waals surface area contributed by atoms with Crippen molar-refractivity contribution < 1.29 is 14.3 Å². The van der Waals surface area contributed by atoms with E-state index in [1.165, 1.54) is 0 Å². The molecule has 0 radical (unpaired) electrons. The minimum absolute atomic E-state index is 0.0429. The number of hydrogen-bond acceptors (Lipinski definition) is 3. The Labute approximate surface area is 126 Å². The standard InChI is InChI=1S/C17H25NO3/c1-3-7-15-10-13(2)16(12-20-15)18-17(19)21-11-14-8-5-4-6-9-14/h4-6,8-9,13,15-16H,3,7,10-12H2,1-2H3,(H,18,19).